The molecule has 3 rings (SSSR count). The van der Waals surface area contributed by atoms with E-state index in [4.69, 9.17) is 0 Å². The molecular formula is C18H24N4O3S. The molecule has 26 heavy (non-hydrogen) atoms. The summed E-state index contributed by atoms with van der Waals surface area (Å²) in [7, 11) is -1.78. The summed E-state index contributed by atoms with van der Waals surface area (Å²) in [4.78, 5) is 12.4. The average Bonchev–Trinajstić information content (AvgIpc) is 3.01. The number of aromatic nitrogens is 2. The third-order valence-corrected chi connectivity index (χ3v) is 6.40. The second-order valence-corrected chi connectivity index (χ2v) is 9.09. The van der Waals surface area contributed by atoms with Crippen molar-refractivity contribution in [1.29, 1.82) is 0 Å². The number of piperidine rings is 1. The van der Waals surface area contributed by atoms with Gasteiger partial charge in [-0.05, 0) is 42.5 Å². The van der Waals surface area contributed by atoms with Crippen molar-refractivity contribution in [3.8, 4) is 0 Å². The van der Waals surface area contributed by atoms with Gasteiger partial charge >= 0.3 is 0 Å². The fraction of sp³-hybridized carbons (Fsp3) is 0.444. The summed E-state index contributed by atoms with van der Waals surface area (Å²) in [5.74, 6) is 0.422. The van der Waals surface area contributed by atoms with Crippen molar-refractivity contribution in [2.24, 2.45) is 18.9 Å². The maximum Gasteiger partial charge on any atom is 0.258 e. The largest absolute Gasteiger partial charge is 0.322 e. The van der Waals surface area contributed by atoms with Gasteiger partial charge < -0.3 is 5.32 Å². The molecule has 1 aromatic carbocycles. The fourth-order valence-corrected chi connectivity index (χ4v) is 5.08. The topological polar surface area (TPSA) is 84.3 Å². The summed E-state index contributed by atoms with van der Waals surface area (Å²) in [5, 5.41) is 6.70. The molecule has 1 aliphatic heterocycles. The molecule has 2 aromatic rings. The van der Waals surface area contributed by atoms with Crippen LogP contribution in [0.15, 0.2) is 41.6 Å². The molecule has 1 aliphatic rings. The third-order valence-electron chi connectivity index (χ3n) is 4.55. The number of hydrogen-bond donors (Lipinski definition) is 1. The summed E-state index contributed by atoms with van der Waals surface area (Å²) in [6, 6.07) is 6.30. The van der Waals surface area contributed by atoms with Crippen LogP contribution >= 0.6 is 0 Å². The molecule has 2 atom stereocenters. The van der Waals surface area contributed by atoms with E-state index >= 15 is 0 Å². The highest BCUT2D eigenvalue weighted by atomic mass is 32.2. The zero-order chi connectivity index (χ0) is 18.9. The van der Waals surface area contributed by atoms with E-state index in [0.717, 1.165) is 6.42 Å². The molecule has 0 aliphatic carbocycles. The number of amides is 1. The van der Waals surface area contributed by atoms with Gasteiger partial charge in [-0.2, -0.15) is 9.40 Å². The van der Waals surface area contributed by atoms with E-state index in [0.29, 0.717) is 36.2 Å². The van der Waals surface area contributed by atoms with Crippen molar-refractivity contribution in [1.82, 2.24) is 14.1 Å². The summed E-state index contributed by atoms with van der Waals surface area (Å²) in [6.07, 6.45) is 4.14. The van der Waals surface area contributed by atoms with Crippen molar-refractivity contribution in [3.63, 3.8) is 0 Å². The number of anilines is 1. The van der Waals surface area contributed by atoms with Crippen LogP contribution in [0.4, 0.5) is 5.69 Å². The van der Waals surface area contributed by atoms with Gasteiger partial charge in [-0.15, -0.1) is 0 Å². The van der Waals surface area contributed by atoms with Crippen LogP contribution in [0.25, 0.3) is 0 Å². The summed E-state index contributed by atoms with van der Waals surface area (Å²) >= 11 is 0. The van der Waals surface area contributed by atoms with E-state index in [-0.39, 0.29) is 10.8 Å². The monoisotopic (exact) mass is 376 g/mol. The number of aryl methyl sites for hydroxylation is 1. The smallest absolute Gasteiger partial charge is 0.258 e. The van der Waals surface area contributed by atoms with Gasteiger partial charge in [0.2, 0.25) is 10.0 Å². The number of hydrogen-bond acceptors (Lipinski definition) is 4. The van der Waals surface area contributed by atoms with E-state index in [9.17, 15) is 13.2 Å². The Bertz CT molecular complexity index is 879. The number of nitrogens with one attached hydrogen (secondary N) is 1. The van der Waals surface area contributed by atoms with Crippen molar-refractivity contribution in [2.75, 3.05) is 18.4 Å². The molecule has 2 heterocycles. The normalized spacial score (nSPS) is 21.5. The van der Waals surface area contributed by atoms with Crippen LogP contribution in [0.5, 0.6) is 0 Å². The first-order valence-electron chi connectivity index (χ1n) is 8.66. The molecular weight excluding hydrogens is 352 g/mol. The Kier molecular flexibility index (Phi) is 5.15. The van der Waals surface area contributed by atoms with Crippen LogP contribution in [0.3, 0.4) is 0 Å². The Morgan fingerprint density at radius 3 is 2.31 bits per heavy atom. The Labute approximate surface area is 154 Å². The fourth-order valence-electron chi connectivity index (χ4n) is 3.40. The molecule has 0 unspecified atom stereocenters. The van der Waals surface area contributed by atoms with Gasteiger partial charge in [0.05, 0.1) is 16.7 Å². The van der Waals surface area contributed by atoms with Gasteiger partial charge in [0, 0.05) is 32.0 Å². The number of carbonyl (C=O) groups is 1. The van der Waals surface area contributed by atoms with Crippen molar-refractivity contribution < 1.29 is 13.2 Å². The molecule has 0 bridgehead atoms. The van der Waals surface area contributed by atoms with Crippen LogP contribution in [0, 0.1) is 11.8 Å². The van der Waals surface area contributed by atoms with E-state index in [1.165, 1.54) is 18.3 Å². The van der Waals surface area contributed by atoms with E-state index in [1.807, 2.05) is 0 Å². The van der Waals surface area contributed by atoms with Gasteiger partial charge in [0.15, 0.2) is 0 Å². The first-order chi connectivity index (χ1) is 12.3. The predicted octanol–water partition coefficient (Wildman–Crippen LogP) is 2.34. The van der Waals surface area contributed by atoms with Crippen LogP contribution in [0.2, 0.25) is 0 Å². The van der Waals surface area contributed by atoms with Gasteiger partial charge in [0.25, 0.3) is 5.91 Å². The highest BCUT2D eigenvalue weighted by Crippen LogP contribution is 2.27. The van der Waals surface area contributed by atoms with E-state index in [1.54, 1.807) is 34.4 Å². The lowest BCUT2D eigenvalue weighted by Crippen LogP contribution is -2.42. The number of nitrogens with zero attached hydrogens (tertiary/aromatic N) is 3. The number of sulfonamides is 1. The number of carbonyl (C=O) groups excluding carboxylic acids is 1. The Morgan fingerprint density at radius 1 is 1.15 bits per heavy atom. The zero-order valence-corrected chi connectivity index (χ0v) is 16.0. The molecule has 140 valence electrons. The van der Waals surface area contributed by atoms with Crippen LogP contribution in [0.1, 0.15) is 30.6 Å². The first kappa shape index (κ1) is 18.6. The zero-order valence-electron chi connectivity index (χ0n) is 15.2. The van der Waals surface area contributed by atoms with Gasteiger partial charge in [-0.25, -0.2) is 8.42 Å². The molecule has 8 heteroatoms. The molecule has 0 saturated carbocycles. The van der Waals surface area contributed by atoms with Gasteiger partial charge in [-0.3, -0.25) is 9.48 Å². The van der Waals surface area contributed by atoms with Crippen molar-refractivity contribution >= 4 is 21.6 Å². The van der Waals surface area contributed by atoms with Crippen LogP contribution < -0.4 is 5.32 Å². The summed E-state index contributed by atoms with van der Waals surface area (Å²) < 4.78 is 28.8. The quantitative estimate of drug-likeness (QED) is 0.888. The SMILES string of the molecule is C[C@H]1C[C@H](C)CN(S(=O)(=O)c2ccc(NC(=O)c3cnn(C)c3)cc2)C1. The lowest BCUT2D eigenvalue weighted by Gasteiger charge is -2.34. The third kappa shape index (κ3) is 3.96. The molecule has 0 radical (unpaired) electrons. The molecule has 1 N–H and O–H groups in total. The van der Waals surface area contributed by atoms with Crippen LogP contribution in [-0.4, -0.2) is 41.5 Å². The van der Waals surface area contributed by atoms with Gasteiger partial charge in [-0.1, -0.05) is 13.8 Å². The molecule has 1 aromatic heterocycles. The van der Waals surface area contributed by atoms with E-state index in [2.05, 4.69) is 24.3 Å². The van der Waals surface area contributed by atoms with Gasteiger partial charge in [0.1, 0.15) is 0 Å². The maximum atomic E-state index is 12.9. The van der Waals surface area contributed by atoms with E-state index < -0.39 is 10.0 Å². The standard InChI is InChI=1S/C18H24N4O3S/c1-13-8-14(2)11-22(10-13)26(24,25)17-6-4-16(5-7-17)20-18(23)15-9-19-21(3)12-15/h4-7,9,12-14H,8,10-11H2,1-3H3,(H,20,23)/t13-,14-/m0/s1. The lowest BCUT2D eigenvalue weighted by molar-refractivity contribution is 0.102. The second-order valence-electron chi connectivity index (χ2n) is 7.15. The lowest BCUT2D eigenvalue weighted by atomic mass is 9.94. The average molecular weight is 376 g/mol. The minimum absolute atomic E-state index is 0.248. The highest BCUT2D eigenvalue weighted by molar-refractivity contribution is 7.89. The molecule has 0 spiro atoms. The minimum atomic E-state index is -3.51. The predicted molar refractivity (Wildman–Crippen MR) is 99.3 cm³/mol. The van der Waals surface area contributed by atoms with Crippen molar-refractivity contribution in [2.45, 2.75) is 25.2 Å². The molecule has 1 fully saturated rings. The molecule has 1 amide bonds. The summed E-state index contributed by atoms with van der Waals surface area (Å²) in [5.41, 5.74) is 0.985. The number of rotatable bonds is 4. The maximum absolute atomic E-state index is 12.9. The first-order valence-corrected chi connectivity index (χ1v) is 10.1. The summed E-state index contributed by atoms with van der Waals surface area (Å²) in [6.45, 7) is 5.25. The van der Waals surface area contributed by atoms with Crippen LogP contribution in [-0.2, 0) is 17.1 Å². The Morgan fingerprint density at radius 2 is 1.77 bits per heavy atom. The second kappa shape index (κ2) is 7.20. The highest BCUT2D eigenvalue weighted by Gasteiger charge is 2.31. The molecule has 7 nitrogen and oxygen atoms in total. The van der Waals surface area contributed by atoms with Crippen molar-refractivity contribution in [3.05, 3.63) is 42.2 Å². The number of benzene rings is 1. The Balaban J connectivity index is 1.73. The minimum Gasteiger partial charge on any atom is -0.322 e. The molecule has 1 saturated heterocycles. The Hall–Kier alpha value is -2.19.